The first-order chi connectivity index (χ1) is 10.7. The number of benzene rings is 2. The molecule has 0 radical (unpaired) electrons. The van der Waals surface area contributed by atoms with Crippen molar-refractivity contribution < 1.29 is 8.81 Å². The minimum absolute atomic E-state index is 0.273. The summed E-state index contributed by atoms with van der Waals surface area (Å²) < 4.78 is 18.5. The van der Waals surface area contributed by atoms with Crippen molar-refractivity contribution in [2.75, 3.05) is 0 Å². The lowest BCUT2D eigenvalue weighted by atomic mass is 10.1. The van der Waals surface area contributed by atoms with Crippen LogP contribution in [-0.2, 0) is 0 Å². The number of aromatic amines is 1. The molecule has 1 N–H and O–H groups in total. The van der Waals surface area contributed by atoms with Gasteiger partial charge in [-0.15, -0.1) is 10.2 Å². The maximum absolute atomic E-state index is 13.1. The summed E-state index contributed by atoms with van der Waals surface area (Å²) in [6, 6.07) is 12.0. The molecular formula is C16H11FN4O. The normalized spacial score (nSPS) is 11.2. The van der Waals surface area contributed by atoms with Gasteiger partial charge in [-0.1, -0.05) is 0 Å². The van der Waals surface area contributed by atoms with E-state index in [4.69, 9.17) is 4.42 Å². The van der Waals surface area contributed by atoms with Gasteiger partial charge < -0.3 is 4.42 Å². The number of halogens is 1. The molecule has 2 heterocycles. The molecule has 0 aliphatic rings. The van der Waals surface area contributed by atoms with Gasteiger partial charge in [-0.25, -0.2) is 4.39 Å². The third-order valence-corrected chi connectivity index (χ3v) is 3.45. The highest BCUT2D eigenvalue weighted by Crippen LogP contribution is 2.30. The first-order valence-electron chi connectivity index (χ1n) is 6.75. The summed E-state index contributed by atoms with van der Waals surface area (Å²) in [5, 5.41) is 16.1. The van der Waals surface area contributed by atoms with Crippen LogP contribution >= 0.6 is 0 Å². The minimum Gasteiger partial charge on any atom is -0.421 e. The lowest BCUT2D eigenvalue weighted by Crippen LogP contribution is -1.81. The molecule has 0 fully saturated rings. The molecule has 0 unspecified atom stereocenters. The fraction of sp³-hybridized carbons (Fsp3) is 0.0625. The van der Waals surface area contributed by atoms with Crippen LogP contribution in [0.2, 0.25) is 0 Å². The zero-order valence-electron chi connectivity index (χ0n) is 11.7. The second-order valence-corrected chi connectivity index (χ2v) is 4.97. The molecule has 0 amide bonds. The molecule has 0 bridgehead atoms. The van der Waals surface area contributed by atoms with Gasteiger partial charge in [0, 0.05) is 23.4 Å². The van der Waals surface area contributed by atoms with Crippen LogP contribution in [0.15, 0.2) is 46.9 Å². The average molecular weight is 294 g/mol. The van der Waals surface area contributed by atoms with Crippen LogP contribution in [0.4, 0.5) is 4.39 Å². The van der Waals surface area contributed by atoms with Crippen LogP contribution in [0.1, 0.15) is 5.89 Å². The number of rotatable bonds is 2. The Balaban J connectivity index is 1.88. The molecule has 4 rings (SSSR count). The van der Waals surface area contributed by atoms with Crippen LogP contribution in [0.25, 0.3) is 33.6 Å². The van der Waals surface area contributed by atoms with E-state index in [1.807, 2.05) is 18.2 Å². The summed E-state index contributed by atoms with van der Waals surface area (Å²) in [5.74, 6) is 0.706. The zero-order valence-corrected chi connectivity index (χ0v) is 11.7. The van der Waals surface area contributed by atoms with E-state index in [1.54, 1.807) is 19.1 Å². The van der Waals surface area contributed by atoms with Crippen LogP contribution < -0.4 is 0 Å². The number of aromatic nitrogens is 4. The Morgan fingerprint density at radius 3 is 2.50 bits per heavy atom. The van der Waals surface area contributed by atoms with Crippen LogP contribution in [0, 0.1) is 12.7 Å². The molecule has 22 heavy (non-hydrogen) atoms. The van der Waals surface area contributed by atoms with Gasteiger partial charge in [0.2, 0.25) is 11.8 Å². The van der Waals surface area contributed by atoms with Gasteiger partial charge in [0.05, 0.1) is 11.2 Å². The van der Waals surface area contributed by atoms with E-state index < -0.39 is 0 Å². The summed E-state index contributed by atoms with van der Waals surface area (Å²) in [6.45, 7) is 1.75. The number of nitrogens with one attached hydrogen (secondary N) is 1. The highest BCUT2D eigenvalue weighted by atomic mass is 19.1. The van der Waals surface area contributed by atoms with E-state index >= 15 is 0 Å². The molecular weight excluding hydrogens is 283 g/mol. The first-order valence-corrected chi connectivity index (χ1v) is 6.75. The van der Waals surface area contributed by atoms with Crippen molar-refractivity contribution in [2.45, 2.75) is 6.92 Å². The summed E-state index contributed by atoms with van der Waals surface area (Å²) in [4.78, 5) is 0. The van der Waals surface area contributed by atoms with Crippen molar-refractivity contribution in [1.82, 2.24) is 20.4 Å². The third-order valence-electron chi connectivity index (χ3n) is 3.45. The fourth-order valence-electron chi connectivity index (χ4n) is 2.39. The van der Waals surface area contributed by atoms with Gasteiger partial charge >= 0.3 is 0 Å². The summed E-state index contributed by atoms with van der Waals surface area (Å²) in [7, 11) is 0. The molecule has 0 aliphatic carbocycles. The van der Waals surface area contributed by atoms with Crippen molar-refractivity contribution >= 4 is 10.9 Å². The molecule has 2 aromatic carbocycles. The van der Waals surface area contributed by atoms with Crippen molar-refractivity contribution in [1.29, 1.82) is 0 Å². The van der Waals surface area contributed by atoms with Gasteiger partial charge in [0.25, 0.3) is 0 Å². The van der Waals surface area contributed by atoms with E-state index in [0.717, 1.165) is 27.7 Å². The number of hydrogen-bond donors (Lipinski definition) is 1. The Morgan fingerprint density at radius 2 is 1.77 bits per heavy atom. The summed E-state index contributed by atoms with van der Waals surface area (Å²) >= 11 is 0. The minimum atomic E-state index is -0.273. The maximum Gasteiger partial charge on any atom is 0.247 e. The van der Waals surface area contributed by atoms with Crippen LogP contribution in [0.5, 0.6) is 0 Å². The topological polar surface area (TPSA) is 67.6 Å². The monoisotopic (exact) mass is 294 g/mol. The highest BCUT2D eigenvalue weighted by molar-refractivity contribution is 5.95. The highest BCUT2D eigenvalue weighted by Gasteiger charge is 2.12. The molecule has 6 heteroatoms. The molecule has 2 aromatic heterocycles. The Kier molecular flexibility index (Phi) is 2.75. The average Bonchev–Trinajstić information content (AvgIpc) is 3.14. The Hall–Kier alpha value is -3.02. The smallest absolute Gasteiger partial charge is 0.247 e. The number of H-pyrrole nitrogens is 1. The number of nitrogens with zero attached hydrogens (tertiary/aromatic N) is 3. The molecule has 0 saturated heterocycles. The van der Waals surface area contributed by atoms with E-state index in [9.17, 15) is 4.39 Å². The standard InChI is InChI=1S/C16H11FN4O/c1-9-18-21-16(22-9)11-4-7-14-13(8-11)15(20-19-14)10-2-5-12(17)6-3-10/h2-8H,1H3,(H,19,20). The second-order valence-electron chi connectivity index (χ2n) is 4.97. The van der Waals surface area contributed by atoms with E-state index in [0.29, 0.717) is 11.8 Å². The van der Waals surface area contributed by atoms with Crippen molar-refractivity contribution in [3.63, 3.8) is 0 Å². The van der Waals surface area contributed by atoms with E-state index in [-0.39, 0.29) is 5.82 Å². The third kappa shape index (κ3) is 2.05. The lowest BCUT2D eigenvalue weighted by Gasteiger charge is -1.99. The van der Waals surface area contributed by atoms with Gasteiger partial charge in [0.15, 0.2) is 0 Å². The van der Waals surface area contributed by atoms with E-state index in [1.165, 1.54) is 12.1 Å². The SMILES string of the molecule is Cc1nnc(-c2ccc3[nH]nc(-c4ccc(F)cc4)c3c2)o1. The second kappa shape index (κ2) is 4.77. The largest absolute Gasteiger partial charge is 0.421 e. The van der Waals surface area contributed by atoms with Crippen LogP contribution in [-0.4, -0.2) is 20.4 Å². The molecule has 0 atom stereocenters. The molecule has 5 nitrogen and oxygen atoms in total. The first kappa shape index (κ1) is 12.7. The number of fused-ring (bicyclic) bond motifs is 1. The Morgan fingerprint density at radius 1 is 1.00 bits per heavy atom. The Labute approximate surface area is 124 Å². The predicted octanol–water partition coefficient (Wildman–Crippen LogP) is 3.73. The van der Waals surface area contributed by atoms with Gasteiger partial charge in [-0.3, -0.25) is 5.10 Å². The molecule has 4 aromatic rings. The molecule has 0 spiro atoms. The molecule has 0 aliphatic heterocycles. The quantitative estimate of drug-likeness (QED) is 0.611. The summed E-state index contributed by atoms with van der Waals surface area (Å²) in [5.41, 5.74) is 3.30. The van der Waals surface area contributed by atoms with Crippen molar-refractivity contribution in [3.05, 3.63) is 54.2 Å². The van der Waals surface area contributed by atoms with Gasteiger partial charge in [-0.05, 0) is 42.5 Å². The van der Waals surface area contributed by atoms with Crippen molar-refractivity contribution in [3.8, 4) is 22.7 Å². The summed E-state index contributed by atoms with van der Waals surface area (Å²) in [6.07, 6.45) is 0. The molecule has 108 valence electrons. The Bertz CT molecular complexity index is 956. The van der Waals surface area contributed by atoms with Gasteiger partial charge in [0.1, 0.15) is 5.82 Å². The predicted molar refractivity (Wildman–Crippen MR) is 79.5 cm³/mol. The molecule has 0 saturated carbocycles. The van der Waals surface area contributed by atoms with E-state index in [2.05, 4.69) is 20.4 Å². The zero-order chi connectivity index (χ0) is 15.1. The maximum atomic E-state index is 13.1. The lowest BCUT2D eigenvalue weighted by molar-refractivity contribution is 0.533. The number of aryl methyl sites for hydroxylation is 1. The van der Waals surface area contributed by atoms with Gasteiger partial charge in [-0.2, -0.15) is 5.10 Å². The number of hydrogen-bond acceptors (Lipinski definition) is 4. The fourth-order valence-corrected chi connectivity index (χ4v) is 2.39. The van der Waals surface area contributed by atoms with Crippen molar-refractivity contribution in [2.24, 2.45) is 0 Å². The van der Waals surface area contributed by atoms with Crippen LogP contribution in [0.3, 0.4) is 0 Å².